The molecular weight excluding hydrogens is 362 g/mol. The minimum atomic E-state index is -3.69. The van der Waals surface area contributed by atoms with Gasteiger partial charge in [0.25, 0.3) is 0 Å². The quantitative estimate of drug-likeness (QED) is 0.652. The third-order valence-corrected chi connectivity index (χ3v) is 6.84. The smallest absolute Gasteiger partial charge is 0.243 e. The second kappa shape index (κ2) is 10.2. The van der Waals surface area contributed by atoms with Crippen LogP contribution in [0.25, 0.3) is 0 Å². The van der Waals surface area contributed by atoms with Gasteiger partial charge >= 0.3 is 0 Å². The molecule has 0 saturated carbocycles. The number of piperazine rings is 1. The Morgan fingerprint density at radius 1 is 1.15 bits per heavy atom. The summed E-state index contributed by atoms with van der Waals surface area (Å²) in [5.41, 5.74) is 1.10. The van der Waals surface area contributed by atoms with Crippen molar-refractivity contribution in [1.29, 1.82) is 0 Å². The Balaban J connectivity index is 2.18. The average molecular weight is 396 g/mol. The molecule has 1 saturated heterocycles. The Morgan fingerprint density at radius 3 is 2.33 bits per heavy atom. The van der Waals surface area contributed by atoms with Crippen molar-refractivity contribution < 1.29 is 13.2 Å². The van der Waals surface area contributed by atoms with E-state index in [1.807, 2.05) is 12.1 Å². The van der Waals surface area contributed by atoms with Crippen LogP contribution in [0.3, 0.4) is 0 Å². The number of rotatable bonds is 9. The van der Waals surface area contributed by atoms with E-state index in [2.05, 4.69) is 26.1 Å². The molecule has 152 valence electrons. The minimum Gasteiger partial charge on any atom is -0.339 e. The van der Waals surface area contributed by atoms with Gasteiger partial charge in [0.05, 0.1) is 11.4 Å². The molecule has 1 aliphatic heterocycles. The van der Waals surface area contributed by atoms with E-state index in [9.17, 15) is 13.2 Å². The van der Waals surface area contributed by atoms with E-state index >= 15 is 0 Å². The molecule has 0 aliphatic carbocycles. The number of benzene rings is 1. The summed E-state index contributed by atoms with van der Waals surface area (Å²) in [6, 6.07) is 7.04. The summed E-state index contributed by atoms with van der Waals surface area (Å²) in [6.07, 6.45) is 2.71. The average Bonchev–Trinajstić information content (AvgIpc) is 2.68. The largest absolute Gasteiger partial charge is 0.339 e. The van der Waals surface area contributed by atoms with Crippen molar-refractivity contribution in [1.82, 2.24) is 14.5 Å². The van der Waals surface area contributed by atoms with Gasteiger partial charge in [-0.3, -0.25) is 4.79 Å². The van der Waals surface area contributed by atoms with Crippen LogP contribution in [0.5, 0.6) is 0 Å². The lowest BCUT2D eigenvalue weighted by Crippen LogP contribution is -2.50. The lowest BCUT2D eigenvalue weighted by molar-refractivity contribution is -0.131. The molecule has 0 bridgehead atoms. The molecule has 0 radical (unpaired) electrons. The molecule has 27 heavy (non-hydrogen) atoms. The fourth-order valence-electron chi connectivity index (χ4n) is 3.16. The maximum absolute atomic E-state index is 13.2. The molecule has 6 nitrogen and oxygen atoms in total. The van der Waals surface area contributed by atoms with Crippen LogP contribution < -0.4 is 5.32 Å². The van der Waals surface area contributed by atoms with Crippen LogP contribution in [0.4, 0.5) is 0 Å². The first-order valence-corrected chi connectivity index (χ1v) is 11.4. The van der Waals surface area contributed by atoms with Crippen LogP contribution >= 0.6 is 0 Å². The molecule has 1 fully saturated rings. The Labute approximate surface area is 164 Å². The molecule has 1 aliphatic rings. The van der Waals surface area contributed by atoms with Gasteiger partial charge in [-0.25, -0.2) is 8.42 Å². The van der Waals surface area contributed by atoms with Crippen LogP contribution in [0.15, 0.2) is 29.2 Å². The monoisotopic (exact) mass is 395 g/mol. The van der Waals surface area contributed by atoms with E-state index in [0.717, 1.165) is 37.9 Å². The van der Waals surface area contributed by atoms with Crippen molar-refractivity contribution in [2.24, 2.45) is 0 Å². The maximum Gasteiger partial charge on any atom is 0.243 e. The van der Waals surface area contributed by atoms with Crippen molar-refractivity contribution in [3.8, 4) is 0 Å². The molecule has 0 atom stereocenters. The zero-order chi connectivity index (χ0) is 19.9. The van der Waals surface area contributed by atoms with E-state index in [1.165, 1.54) is 4.31 Å². The molecule has 1 N–H and O–H groups in total. The highest BCUT2D eigenvalue weighted by Crippen LogP contribution is 2.21. The first-order chi connectivity index (χ1) is 12.9. The predicted molar refractivity (Wildman–Crippen MR) is 108 cm³/mol. The standard InChI is InChI=1S/C20H33N3O3S/c1-4-5-6-13-23(16-20(24)22-14-11-21-12-15-22)27(25,26)19-9-7-18(8-10-19)17(2)3/h7-10,17,21H,4-6,11-16H2,1-3H3. The number of nitrogens with one attached hydrogen (secondary N) is 1. The molecule has 1 amide bonds. The van der Waals surface area contributed by atoms with Crippen molar-refractivity contribution in [3.05, 3.63) is 29.8 Å². The Hall–Kier alpha value is -1.44. The molecule has 0 unspecified atom stereocenters. The van der Waals surface area contributed by atoms with Gasteiger partial charge in [-0.05, 0) is 30.0 Å². The van der Waals surface area contributed by atoms with E-state index < -0.39 is 10.0 Å². The Kier molecular flexibility index (Phi) is 8.26. The second-order valence-corrected chi connectivity index (χ2v) is 9.34. The summed E-state index contributed by atoms with van der Waals surface area (Å²) in [4.78, 5) is 14.7. The zero-order valence-electron chi connectivity index (χ0n) is 16.8. The maximum atomic E-state index is 13.2. The lowest BCUT2D eigenvalue weighted by Gasteiger charge is -2.30. The van der Waals surface area contributed by atoms with Crippen molar-refractivity contribution in [2.45, 2.75) is 50.8 Å². The van der Waals surface area contributed by atoms with E-state index in [-0.39, 0.29) is 17.3 Å². The lowest BCUT2D eigenvalue weighted by atomic mass is 10.0. The van der Waals surface area contributed by atoms with E-state index in [0.29, 0.717) is 25.6 Å². The van der Waals surface area contributed by atoms with Gasteiger partial charge in [0.15, 0.2) is 0 Å². The predicted octanol–water partition coefficient (Wildman–Crippen LogP) is 2.42. The van der Waals surface area contributed by atoms with E-state index in [1.54, 1.807) is 17.0 Å². The summed E-state index contributed by atoms with van der Waals surface area (Å²) in [6.45, 7) is 9.29. The first-order valence-electron chi connectivity index (χ1n) is 9.95. The first kappa shape index (κ1) is 21.9. The highest BCUT2D eigenvalue weighted by Gasteiger charge is 2.28. The molecule has 2 rings (SSSR count). The van der Waals surface area contributed by atoms with Crippen LogP contribution in [0.2, 0.25) is 0 Å². The summed E-state index contributed by atoms with van der Waals surface area (Å²) in [5.74, 6) is 0.229. The highest BCUT2D eigenvalue weighted by molar-refractivity contribution is 7.89. The van der Waals surface area contributed by atoms with Crippen molar-refractivity contribution >= 4 is 15.9 Å². The van der Waals surface area contributed by atoms with Gasteiger partial charge in [0.2, 0.25) is 15.9 Å². The molecular formula is C20H33N3O3S. The molecule has 1 heterocycles. The topological polar surface area (TPSA) is 69.7 Å². The number of hydrogen-bond acceptors (Lipinski definition) is 4. The van der Waals surface area contributed by atoms with Gasteiger partial charge in [-0.2, -0.15) is 4.31 Å². The molecule has 7 heteroatoms. The van der Waals surface area contributed by atoms with Crippen LogP contribution in [0, 0.1) is 0 Å². The molecule has 1 aromatic carbocycles. The minimum absolute atomic E-state index is 0.0853. The number of carbonyl (C=O) groups is 1. The van der Waals surface area contributed by atoms with Crippen LogP contribution in [0.1, 0.15) is 51.5 Å². The summed E-state index contributed by atoms with van der Waals surface area (Å²) in [7, 11) is -3.69. The van der Waals surface area contributed by atoms with E-state index in [4.69, 9.17) is 0 Å². The third-order valence-electron chi connectivity index (χ3n) is 4.98. The van der Waals surface area contributed by atoms with Gasteiger partial charge in [0.1, 0.15) is 0 Å². The van der Waals surface area contributed by atoms with Crippen LogP contribution in [-0.2, 0) is 14.8 Å². The fraction of sp³-hybridized carbons (Fsp3) is 0.650. The second-order valence-electron chi connectivity index (χ2n) is 7.40. The van der Waals surface area contributed by atoms with Crippen LogP contribution in [-0.4, -0.2) is 62.8 Å². The summed E-state index contributed by atoms with van der Waals surface area (Å²) in [5, 5.41) is 3.21. The normalized spacial score (nSPS) is 15.5. The number of sulfonamides is 1. The summed E-state index contributed by atoms with van der Waals surface area (Å²) >= 11 is 0. The van der Waals surface area contributed by atoms with Crippen molar-refractivity contribution in [3.63, 3.8) is 0 Å². The zero-order valence-corrected chi connectivity index (χ0v) is 17.6. The number of hydrogen-bond donors (Lipinski definition) is 1. The highest BCUT2D eigenvalue weighted by atomic mass is 32.2. The van der Waals surface area contributed by atoms with Crippen molar-refractivity contribution in [2.75, 3.05) is 39.3 Å². The number of amides is 1. The third kappa shape index (κ3) is 6.02. The SMILES string of the molecule is CCCCCN(CC(=O)N1CCNCC1)S(=O)(=O)c1ccc(C(C)C)cc1. The Morgan fingerprint density at radius 2 is 1.78 bits per heavy atom. The molecule has 0 spiro atoms. The molecule has 0 aromatic heterocycles. The van der Waals surface area contributed by atoms with Gasteiger partial charge in [-0.15, -0.1) is 0 Å². The van der Waals surface area contributed by atoms with Gasteiger partial charge in [0, 0.05) is 32.7 Å². The number of unbranched alkanes of at least 4 members (excludes halogenated alkanes) is 2. The number of carbonyl (C=O) groups excluding carboxylic acids is 1. The number of nitrogens with zero attached hydrogens (tertiary/aromatic N) is 2. The Bertz CT molecular complexity index is 696. The molecule has 1 aromatic rings. The fourth-order valence-corrected chi connectivity index (χ4v) is 4.59. The van der Waals surface area contributed by atoms with Gasteiger partial charge in [-0.1, -0.05) is 45.7 Å². The summed E-state index contributed by atoms with van der Waals surface area (Å²) < 4.78 is 27.7. The van der Waals surface area contributed by atoms with Gasteiger partial charge < -0.3 is 10.2 Å².